The summed E-state index contributed by atoms with van der Waals surface area (Å²) in [5.41, 5.74) is 1.32. The van der Waals surface area contributed by atoms with Gasteiger partial charge in [0.25, 0.3) is 5.91 Å². The van der Waals surface area contributed by atoms with Crippen molar-refractivity contribution in [2.75, 3.05) is 13.6 Å². The number of piperidine rings is 1. The number of amides is 2. The van der Waals surface area contributed by atoms with Gasteiger partial charge in [0.1, 0.15) is 0 Å². The molecule has 0 radical (unpaired) electrons. The van der Waals surface area contributed by atoms with Crippen molar-refractivity contribution in [3.05, 3.63) is 30.0 Å². The maximum absolute atomic E-state index is 12.6. The predicted molar refractivity (Wildman–Crippen MR) is 90.5 cm³/mol. The zero-order valence-corrected chi connectivity index (χ0v) is 13.8. The monoisotopic (exact) mass is 326 g/mol. The number of likely N-dealkylation sites (tertiary alicyclic amines) is 1. The lowest BCUT2D eigenvalue weighted by molar-refractivity contribution is -0.139. The maximum Gasteiger partial charge on any atom is 0.272 e. The lowest BCUT2D eigenvalue weighted by Gasteiger charge is -2.44. The number of nitrogens with zero attached hydrogens (tertiary/aromatic N) is 2. The smallest absolute Gasteiger partial charge is 0.272 e. The van der Waals surface area contributed by atoms with Gasteiger partial charge in [0.15, 0.2) is 5.69 Å². The van der Waals surface area contributed by atoms with E-state index in [4.69, 9.17) is 0 Å². The van der Waals surface area contributed by atoms with E-state index in [0.29, 0.717) is 18.7 Å². The van der Waals surface area contributed by atoms with Crippen LogP contribution in [0.3, 0.4) is 0 Å². The van der Waals surface area contributed by atoms with Gasteiger partial charge in [-0.15, -0.1) is 0 Å². The number of aromatic nitrogens is 2. The van der Waals surface area contributed by atoms with Crippen LogP contribution < -0.4 is 5.32 Å². The first-order chi connectivity index (χ1) is 11.6. The SMILES string of the molecule is CN1C(=O)CCC2(CNC(=O)c3n[nH]c4ccccc34)CCCC12. The number of carbonyl (C=O) groups is 2. The molecule has 126 valence electrons. The minimum atomic E-state index is -0.146. The molecule has 0 spiro atoms. The molecule has 4 rings (SSSR count). The summed E-state index contributed by atoms with van der Waals surface area (Å²) in [6, 6.07) is 7.88. The molecule has 2 aromatic rings. The zero-order chi connectivity index (χ0) is 16.7. The van der Waals surface area contributed by atoms with Gasteiger partial charge in [-0.2, -0.15) is 5.10 Å². The van der Waals surface area contributed by atoms with Crippen LogP contribution >= 0.6 is 0 Å². The number of rotatable bonds is 3. The Morgan fingerprint density at radius 1 is 1.42 bits per heavy atom. The number of benzene rings is 1. The molecule has 2 fully saturated rings. The fourth-order valence-electron chi connectivity index (χ4n) is 4.49. The Morgan fingerprint density at radius 3 is 3.12 bits per heavy atom. The first-order valence-corrected chi connectivity index (χ1v) is 8.58. The van der Waals surface area contributed by atoms with Crippen LogP contribution in [-0.2, 0) is 4.79 Å². The molecule has 1 aromatic heterocycles. The molecule has 2 amide bonds. The molecule has 6 heteroatoms. The number of aromatic amines is 1. The van der Waals surface area contributed by atoms with E-state index in [1.807, 2.05) is 36.2 Å². The van der Waals surface area contributed by atoms with E-state index in [-0.39, 0.29) is 23.3 Å². The van der Waals surface area contributed by atoms with Gasteiger partial charge in [-0.3, -0.25) is 14.7 Å². The molecule has 1 aliphatic carbocycles. The van der Waals surface area contributed by atoms with Gasteiger partial charge in [-0.25, -0.2) is 0 Å². The van der Waals surface area contributed by atoms with E-state index in [2.05, 4.69) is 15.5 Å². The van der Waals surface area contributed by atoms with Crippen LogP contribution in [0.25, 0.3) is 10.9 Å². The van der Waals surface area contributed by atoms with E-state index < -0.39 is 0 Å². The topological polar surface area (TPSA) is 78.1 Å². The average Bonchev–Trinajstić information content (AvgIpc) is 3.21. The van der Waals surface area contributed by atoms with E-state index in [9.17, 15) is 9.59 Å². The maximum atomic E-state index is 12.6. The fourth-order valence-corrected chi connectivity index (χ4v) is 4.49. The second kappa shape index (κ2) is 5.61. The summed E-state index contributed by atoms with van der Waals surface area (Å²) in [7, 11) is 1.90. The first-order valence-electron chi connectivity index (χ1n) is 8.58. The van der Waals surface area contributed by atoms with Crippen molar-refractivity contribution < 1.29 is 9.59 Å². The summed E-state index contributed by atoms with van der Waals surface area (Å²) in [6.45, 7) is 0.606. The summed E-state index contributed by atoms with van der Waals surface area (Å²) in [4.78, 5) is 26.5. The predicted octanol–water partition coefficient (Wildman–Crippen LogP) is 2.08. The normalized spacial score (nSPS) is 26.6. The first kappa shape index (κ1) is 15.2. The van der Waals surface area contributed by atoms with Crippen LogP contribution in [0.15, 0.2) is 24.3 Å². The molecule has 1 aromatic carbocycles. The minimum absolute atomic E-state index is 0.0183. The number of carbonyl (C=O) groups excluding carboxylic acids is 2. The van der Waals surface area contributed by atoms with Crippen LogP contribution in [0.2, 0.25) is 0 Å². The highest BCUT2D eigenvalue weighted by atomic mass is 16.2. The Bertz CT molecular complexity index is 799. The number of fused-ring (bicyclic) bond motifs is 2. The Balaban J connectivity index is 1.52. The number of H-pyrrole nitrogens is 1. The van der Waals surface area contributed by atoms with Crippen molar-refractivity contribution in [3.8, 4) is 0 Å². The standard InChI is InChI=1S/C18H22N4O2/c1-22-14-7-4-9-18(14,10-8-15(22)23)11-19-17(24)16-12-5-2-3-6-13(12)20-21-16/h2-3,5-6,14H,4,7-11H2,1H3,(H,19,24)(H,20,21). The second-order valence-corrected chi connectivity index (χ2v) is 7.08. The van der Waals surface area contributed by atoms with Crippen LogP contribution in [-0.4, -0.2) is 46.5 Å². The third kappa shape index (κ3) is 2.28. The number of nitrogens with one attached hydrogen (secondary N) is 2. The largest absolute Gasteiger partial charge is 0.350 e. The van der Waals surface area contributed by atoms with E-state index in [1.54, 1.807) is 0 Å². The molecule has 2 aliphatic rings. The Hall–Kier alpha value is -2.37. The third-order valence-electron chi connectivity index (χ3n) is 5.84. The lowest BCUT2D eigenvalue weighted by Crippen LogP contribution is -2.54. The summed E-state index contributed by atoms with van der Waals surface area (Å²) in [5, 5.41) is 11.0. The molecule has 6 nitrogen and oxygen atoms in total. The van der Waals surface area contributed by atoms with Crippen LogP contribution in [0.4, 0.5) is 0 Å². The van der Waals surface area contributed by atoms with Gasteiger partial charge >= 0.3 is 0 Å². The van der Waals surface area contributed by atoms with Crippen molar-refractivity contribution >= 4 is 22.7 Å². The van der Waals surface area contributed by atoms with Crippen LogP contribution in [0.5, 0.6) is 0 Å². The number of para-hydroxylation sites is 1. The molecular formula is C18H22N4O2. The average molecular weight is 326 g/mol. The van der Waals surface area contributed by atoms with Crippen molar-refractivity contribution in [3.63, 3.8) is 0 Å². The summed E-state index contributed by atoms with van der Waals surface area (Å²) in [5.74, 6) is 0.0779. The van der Waals surface area contributed by atoms with Gasteiger partial charge in [0, 0.05) is 36.9 Å². The molecular weight excluding hydrogens is 304 g/mol. The van der Waals surface area contributed by atoms with E-state index in [0.717, 1.165) is 36.6 Å². The Kier molecular flexibility index (Phi) is 3.55. The fraction of sp³-hybridized carbons (Fsp3) is 0.500. The van der Waals surface area contributed by atoms with Crippen LogP contribution in [0.1, 0.15) is 42.6 Å². The number of hydrogen-bond acceptors (Lipinski definition) is 3. The molecule has 1 saturated heterocycles. The molecule has 1 aliphatic heterocycles. The molecule has 1 saturated carbocycles. The molecule has 0 bridgehead atoms. The van der Waals surface area contributed by atoms with Gasteiger partial charge in [-0.1, -0.05) is 24.6 Å². The summed E-state index contributed by atoms with van der Waals surface area (Å²) < 4.78 is 0. The highest BCUT2D eigenvalue weighted by molar-refractivity contribution is 6.04. The van der Waals surface area contributed by atoms with E-state index >= 15 is 0 Å². The van der Waals surface area contributed by atoms with Gasteiger partial charge < -0.3 is 10.2 Å². The Morgan fingerprint density at radius 2 is 2.25 bits per heavy atom. The molecule has 24 heavy (non-hydrogen) atoms. The molecule has 2 unspecified atom stereocenters. The van der Waals surface area contributed by atoms with Gasteiger partial charge in [0.05, 0.1) is 5.52 Å². The summed E-state index contributed by atoms with van der Waals surface area (Å²) >= 11 is 0. The highest BCUT2D eigenvalue weighted by Crippen LogP contribution is 2.47. The zero-order valence-electron chi connectivity index (χ0n) is 13.8. The van der Waals surface area contributed by atoms with Crippen LogP contribution in [0, 0.1) is 5.41 Å². The molecule has 2 atom stereocenters. The minimum Gasteiger partial charge on any atom is -0.350 e. The van der Waals surface area contributed by atoms with E-state index in [1.165, 1.54) is 0 Å². The van der Waals surface area contributed by atoms with Crippen molar-refractivity contribution in [2.45, 2.75) is 38.1 Å². The Labute approximate surface area is 140 Å². The second-order valence-electron chi connectivity index (χ2n) is 7.08. The number of hydrogen-bond donors (Lipinski definition) is 2. The molecule has 2 N–H and O–H groups in total. The van der Waals surface area contributed by atoms with Crippen molar-refractivity contribution in [1.29, 1.82) is 0 Å². The summed E-state index contributed by atoms with van der Waals surface area (Å²) in [6.07, 6.45) is 4.65. The lowest BCUT2D eigenvalue weighted by atomic mass is 9.74. The quantitative estimate of drug-likeness (QED) is 0.906. The van der Waals surface area contributed by atoms with Crippen molar-refractivity contribution in [1.82, 2.24) is 20.4 Å². The van der Waals surface area contributed by atoms with Gasteiger partial charge in [0.2, 0.25) is 5.91 Å². The molecule has 2 heterocycles. The van der Waals surface area contributed by atoms with Crippen molar-refractivity contribution in [2.24, 2.45) is 5.41 Å². The third-order valence-corrected chi connectivity index (χ3v) is 5.84. The highest BCUT2D eigenvalue weighted by Gasteiger charge is 2.49. The van der Waals surface area contributed by atoms with Gasteiger partial charge in [-0.05, 0) is 25.3 Å².